The van der Waals surface area contributed by atoms with Crippen molar-refractivity contribution in [1.29, 1.82) is 0 Å². The van der Waals surface area contributed by atoms with Crippen LogP contribution in [0.1, 0.15) is 29.4 Å². The van der Waals surface area contributed by atoms with Crippen LogP contribution in [0.15, 0.2) is 33.6 Å². The molecule has 1 aromatic carbocycles. The molecule has 0 spiro atoms. The zero-order chi connectivity index (χ0) is 11.7. The first kappa shape index (κ1) is 10.9. The molecule has 1 aromatic heterocycles. The van der Waals surface area contributed by atoms with E-state index in [1.807, 2.05) is 0 Å². The van der Waals surface area contributed by atoms with E-state index < -0.39 is 0 Å². The molecule has 0 saturated heterocycles. The molecule has 3 rings (SSSR count). The van der Waals surface area contributed by atoms with Gasteiger partial charge in [0.2, 0.25) is 6.39 Å². The summed E-state index contributed by atoms with van der Waals surface area (Å²) < 4.78 is 5.92. The number of fused-ring (bicyclic) bond motifs is 1. The number of nitrogens with zero attached hydrogens (tertiary/aromatic N) is 2. The van der Waals surface area contributed by atoms with Gasteiger partial charge in [-0.2, -0.15) is 4.98 Å². The van der Waals surface area contributed by atoms with Crippen molar-refractivity contribution in [3.63, 3.8) is 0 Å². The van der Waals surface area contributed by atoms with Gasteiger partial charge in [0.1, 0.15) is 0 Å². The van der Waals surface area contributed by atoms with Crippen LogP contribution in [0.3, 0.4) is 0 Å². The predicted molar refractivity (Wildman–Crippen MR) is 66.3 cm³/mol. The average molecular weight is 294 g/mol. The lowest BCUT2D eigenvalue weighted by Crippen LogP contribution is -2.19. The van der Waals surface area contributed by atoms with Gasteiger partial charge in [-0.05, 0) is 30.0 Å². The van der Waals surface area contributed by atoms with E-state index >= 15 is 0 Å². The van der Waals surface area contributed by atoms with Crippen LogP contribution in [0.25, 0.3) is 0 Å². The van der Waals surface area contributed by atoms with Crippen LogP contribution >= 0.6 is 15.9 Å². The molecule has 2 aromatic rings. The summed E-state index contributed by atoms with van der Waals surface area (Å²) in [6, 6.07) is 6.75. The zero-order valence-electron chi connectivity index (χ0n) is 9.19. The van der Waals surface area contributed by atoms with Crippen molar-refractivity contribution in [3.8, 4) is 0 Å². The fourth-order valence-electron chi connectivity index (χ4n) is 2.31. The number of rotatable bonds is 3. The first-order valence-electron chi connectivity index (χ1n) is 5.60. The van der Waals surface area contributed by atoms with Crippen molar-refractivity contribution in [1.82, 2.24) is 15.5 Å². The maximum Gasteiger partial charge on any atom is 0.213 e. The minimum absolute atomic E-state index is 0.390. The quantitative estimate of drug-likeness (QED) is 0.945. The second-order valence-electron chi connectivity index (χ2n) is 4.13. The summed E-state index contributed by atoms with van der Waals surface area (Å²) in [6.07, 6.45) is 3.59. The normalized spacial score (nSPS) is 18.3. The van der Waals surface area contributed by atoms with E-state index in [2.05, 4.69) is 49.6 Å². The van der Waals surface area contributed by atoms with Crippen LogP contribution in [0, 0.1) is 0 Å². The molecular formula is C12H12BrN3O. The van der Waals surface area contributed by atoms with Gasteiger partial charge in [0.05, 0.1) is 6.54 Å². The van der Waals surface area contributed by atoms with Crippen molar-refractivity contribution < 1.29 is 4.52 Å². The second kappa shape index (κ2) is 4.58. The highest BCUT2D eigenvalue weighted by Gasteiger charge is 2.23. The lowest BCUT2D eigenvalue weighted by molar-refractivity contribution is 0.403. The summed E-state index contributed by atoms with van der Waals surface area (Å²) in [5.41, 5.74) is 2.79. The summed E-state index contributed by atoms with van der Waals surface area (Å²) in [5, 5.41) is 7.25. The van der Waals surface area contributed by atoms with Crippen LogP contribution in [0.2, 0.25) is 0 Å². The fourth-order valence-corrected chi connectivity index (χ4v) is 2.89. The summed E-state index contributed by atoms with van der Waals surface area (Å²) >= 11 is 3.60. The van der Waals surface area contributed by atoms with E-state index in [4.69, 9.17) is 4.52 Å². The highest BCUT2D eigenvalue weighted by Crippen LogP contribution is 2.35. The Morgan fingerprint density at radius 1 is 1.47 bits per heavy atom. The molecule has 0 saturated carbocycles. The topological polar surface area (TPSA) is 51.0 Å². The lowest BCUT2D eigenvalue weighted by atomic mass is 10.1. The Balaban J connectivity index is 1.73. The molecule has 1 atom stereocenters. The smallest absolute Gasteiger partial charge is 0.213 e. The van der Waals surface area contributed by atoms with E-state index in [0.29, 0.717) is 18.4 Å². The summed E-state index contributed by atoms with van der Waals surface area (Å²) in [6.45, 7) is 0.646. The number of benzene rings is 1. The predicted octanol–water partition coefficient (Wildman–Crippen LogP) is 2.61. The van der Waals surface area contributed by atoms with Gasteiger partial charge in [-0.3, -0.25) is 0 Å². The van der Waals surface area contributed by atoms with Gasteiger partial charge in [-0.25, -0.2) is 0 Å². The highest BCUT2D eigenvalue weighted by atomic mass is 79.9. The Morgan fingerprint density at radius 3 is 3.24 bits per heavy atom. The third kappa shape index (κ3) is 2.12. The van der Waals surface area contributed by atoms with E-state index in [1.165, 1.54) is 22.0 Å². The molecule has 1 N–H and O–H groups in total. The highest BCUT2D eigenvalue weighted by molar-refractivity contribution is 9.10. The van der Waals surface area contributed by atoms with Gasteiger partial charge >= 0.3 is 0 Å². The van der Waals surface area contributed by atoms with Crippen molar-refractivity contribution in [2.45, 2.75) is 25.4 Å². The average Bonchev–Trinajstić information content (AvgIpc) is 2.95. The molecule has 17 heavy (non-hydrogen) atoms. The van der Waals surface area contributed by atoms with Crippen molar-refractivity contribution in [3.05, 3.63) is 46.0 Å². The molecule has 88 valence electrons. The number of hydrogen-bond acceptors (Lipinski definition) is 4. The molecule has 1 heterocycles. The molecule has 1 aliphatic carbocycles. The van der Waals surface area contributed by atoms with Gasteiger partial charge in [0, 0.05) is 10.5 Å². The molecule has 0 fully saturated rings. The summed E-state index contributed by atoms with van der Waals surface area (Å²) in [5.74, 6) is 0.702. The van der Waals surface area contributed by atoms with Gasteiger partial charge in [-0.15, -0.1) is 0 Å². The number of halogens is 1. The second-order valence-corrected chi connectivity index (χ2v) is 4.98. The molecule has 1 unspecified atom stereocenters. The first-order chi connectivity index (χ1) is 8.34. The van der Waals surface area contributed by atoms with E-state index in [9.17, 15) is 0 Å². The van der Waals surface area contributed by atoms with Gasteiger partial charge in [0.25, 0.3) is 0 Å². The first-order valence-corrected chi connectivity index (χ1v) is 6.40. The third-order valence-electron chi connectivity index (χ3n) is 3.13. The summed E-state index contributed by atoms with van der Waals surface area (Å²) in [7, 11) is 0. The van der Waals surface area contributed by atoms with Crippen molar-refractivity contribution in [2.75, 3.05) is 0 Å². The number of hydrogen-bond donors (Lipinski definition) is 1. The Labute approximate surface area is 108 Å². The molecule has 1 aliphatic rings. The van der Waals surface area contributed by atoms with Gasteiger partial charge in [0.15, 0.2) is 5.82 Å². The summed E-state index contributed by atoms with van der Waals surface area (Å²) in [4.78, 5) is 4.00. The van der Waals surface area contributed by atoms with Crippen LogP contribution in [0.4, 0.5) is 0 Å². The molecule has 5 heteroatoms. The lowest BCUT2D eigenvalue weighted by Gasteiger charge is -2.12. The SMILES string of the molecule is Brc1cccc2c1CCC2NCc1ncon1. The van der Waals surface area contributed by atoms with E-state index in [-0.39, 0.29) is 0 Å². The molecule has 0 bridgehead atoms. The third-order valence-corrected chi connectivity index (χ3v) is 3.87. The van der Waals surface area contributed by atoms with Crippen LogP contribution in [-0.2, 0) is 13.0 Å². The van der Waals surface area contributed by atoms with Gasteiger partial charge < -0.3 is 9.84 Å². The maximum absolute atomic E-state index is 4.71. The van der Waals surface area contributed by atoms with Crippen LogP contribution < -0.4 is 5.32 Å². The van der Waals surface area contributed by atoms with Crippen LogP contribution in [-0.4, -0.2) is 10.1 Å². The number of aromatic nitrogens is 2. The molecule has 0 aliphatic heterocycles. The van der Waals surface area contributed by atoms with Crippen molar-refractivity contribution >= 4 is 15.9 Å². The minimum Gasteiger partial charge on any atom is -0.343 e. The Kier molecular flexibility index (Phi) is 2.94. The monoisotopic (exact) mass is 293 g/mol. The van der Waals surface area contributed by atoms with Crippen molar-refractivity contribution in [2.24, 2.45) is 0 Å². The Bertz CT molecular complexity index is 512. The Hall–Kier alpha value is -1.20. The molecule has 4 nitrogen and oxygen atoms in total. The molecule has 0 amide bonds. The standard InChI is InChI=1S/C12H12BrN3O/c13-10-3-1-2-9-8(10)4-5-11(9)14-6-12-15-7-17-16-12/h1-3,7,11,14H,4-6H2. The Morgan fingerprint density at radius 2 is 2.41 bits per heavy atom. The van der Waals surface area contributed by atoms with E-state index in [0.717, 1.165) is 12.8 Å². The largest absolute Gasteiger partial charge is 0.343 e. The van der Waals surface area contributed by atoms with Crippen LogP contribution in [0.5, 0.6) is 0 Å². The maximum atomic E-state index is 4.71. The van der Waals surface area contributed by atoms with E-state index in [1.54, 1.807) is 0 Å². The zero-order valence-corrected chi connectivity index (χ0v) is 10.8. The fraction of sp³-hybridized carbons (Fsp3) is 0.333. The van der Waals surface area contributed by atoms with Gasteiger partial charge in [-0.1, -0.05) is 33.2 Å². The molecular weight excluding hydrogens is 282 g/mol. The molecule has 0 radical (unpaired) electrons. The number of nitrogens with one attached hydrogen (secondary N) is 1. The minimum atomic E-state index is 0.390.